The molecule has 0 amide bonds. The minimum absolute atomic E-state index is 0.337. The van der Waals surface area contributed by atoms with Gasteiger partial charge >= 0.3 is 0 Å². The Morgan fingerprint density at radius 1 is 1.07 bits per heavy atom. The van der Waals surface area contributed by atoms with Gasteiger partial charge in [0.2, 0.25) is 6.35 Å². The molecule has 1 unspecified atom stereocenters. The van der Waals surface area contributed by atoms with Crippen LogP contribution < -0.4 is 9.75 Å². The van der Waals surface area contributed by atoms with Gasteiger partial charge in [0.25, 0.3) is 0 Å². The highest BCUT2D eigenvalue weighted by Gasteiger charge is 2.28. The number of aliphatic hydroxyl groups excluding tert-OH is 1. The molecule has 0 bridgehead atoms. The van der Waals surface area contributed by atoms with Crippen molar-refractivity contribution >= 4 is 5.69 Å². The van der Waals surface area contributed by atoms with E-state index < -0.39 is 6.35 Å². The zero-order valence-electron chi connectivity index (χ0n) is 16.8. The number of ether oxygens (including phenoxy) is 1. The summed E-state index contributed by atoms with van der Waals surface area (Å²) in [5, 5.41) is 29.7. The number of aryl methyl sites for hydroxylation is 3. The van der Waals surface area contributed by atoms with E-state index in [1.54, 1.807) is 18.0 Å². The average Bonchev–Trinajstić information content (AvgIpc) is 3.27. The maximum absolute atomic E-state index is 10.3. The molecule has 9 nitrogen and oxygen atoms in total. The summed E-state index contributed by atoms with van der Waals surface area (Å²) in [6.45, 7) is 6.24. The molecule has 9 heteroatoms. The third kappa shape index (κ3) is 3.64. The first-order valence-corrected chi connectivity index (χ1v) is 9.27. The van der Waals surface area contributed by atoms with Gasteiger partial charge in [0.1, 0.15) is 12.4 Å². The van der Waals surface area contributed by atoms with E-state index in [1.165, 1.54) is 10.0 Å². The van der Waals surface area contributed by atoms with Crippen LogP contribution in [0, 0.1) is 20.8 Å². The molecule has 0 spiro atoms. The highest BCUT2D eigenvalue weighted by atomic mass is 16.5. The highest BCUT2D eigenvalue weighted by molar-refractivity contribution is 5.56. The SMILES string of the molecule is Cc1cnn(-c2ccc(OCc3c(C)cccc3N3N=NN(C)C3O)c(C)c2)n1. The van der Waals surface area contributed by atoms with E-state index in [0.717, 1.165) is 39.5 Å². The maximum Gasteiger partial charge on any atom is 0.245 e. The lowest BCUT2D eigenvalue weighted by Gasteiger charge is -2.23. The lowest BCUT2D eigenvalue weighted by Crippen LogP contribution is -2.36. The predicted molar refractivity (Wildman–Crippen MR) is 107 cm³/mol. The summed E-state index contributed by atoms with van der Waals surface area (Å²) in [5.74, 6) is 0.771. The fraction of sp³-hybridized carbons (Fsp3) is 0.300. The minimum atomic E-state index is -0.943. The van der Waals surface area contributed by atoms with Crippen molar-refractivity contribution in [3.63, 3.8) is 0 Å². The van der Waals surface area contributed by atoms with Gasteiger partial charge in [0, 0.05) is 12.6 Å². The Morgan fingerprint density at radius 2 is 1.90 bits per heavy atom. The van der Waals surface area contributed by atoms with Gasteiger partial charge in [-0.3, -0.25) is 0 Å². The number of aliphatic hydroxyl groups is 1. The van der Waals surface area contributed by atoms with Crippen molar-refractivity contribution in [2.24, 2.45) is 10.4 Å². The van der Waals surface area contributed by atoms with E-state index in [2.05, 4.69) is 20.6 Å². The molecule has 0 fully saturated rings. The molecular formula is C20H23N7O2. The number of hydrogen-bond donors (Lipinski definition) is 1. The van der Waals surface area contributed by atoms with Crippen molar-refractivity contribution in [3.05, 3.63) is 65.0 Å². The molecule has 1 aliphatic heterocycles. The first-order valence-electron chi connectivity index (χ1n) is 9.27. The Kier molecular flexibility index (Phi) is 4.89. The molecule has 3 aromatic rings. The van der Waals surface area contributed by atoms with E-state index in [4.69, 9.17) is 4.74 Å². The fourth-order valence-electron chi connectivity index (χ4n) is 3.15. The summed E-state index contributed by atoms with van der Waals surface area (Å²) < 4.78 is 6.12. The average molecular weight is 393 g/mol. The van der Waals surface area contributed by atoms with Crippen molar-refractivity contribution in [1.82, 2.24) is 20.0 Å². The Balaban J connectivity index is 1.56. The number of hydrogen-bond acceptors (Lipinski definition) is 8. The highest BCUT2D eigenvalue weighted by Crippen LogP contribution is 2.30. The first kappa shape index (κ1) is 18.9. The van der Waals surface area contributed by atoms with E-state index in [1.807, 2.05) is 57.2 Å². The standard InChI is InChI=1S/C20H23N7O2/c1-13-6-5-7-18(26-20(28)25(4)23-24-26)17(13)12-29-19-9-8-16(10-14(19)2)27-21-11-15(3)22-27/h5-11,20,28H,12H2,1-4H3. The lowest BCUT2D eigenvalue weighted by atomic mass is 10.1. The van der Waals surface area contributed by atoms with Crippen LogP contribution in [-0.4, -0.2) is 38.5 Å². The Bertz CT molecular complexity index is 1060. The molecule has 150 valence electrons. The summed E-state index contributed by atoms with van der Waals surface area (Å²) >= 11 is 0. The van der Waals surface area contributed by atoms with Crippen LogP contribution in [-0.2, 0) is 6.61 Å². The van der Waals surface area contributed by atoms with Crippen LogP contribution in [0.4, 0.5) is 5.69 Å². The van der Waals surface area contributed by atoms with Crippen molar-refractivity contribution in [2.75, 3.05) is 12.1 Å². The summed E-state index contributed by atoms with van der Waals surface area (Å²) in [6.07, 6.45) is 0.780. The third-order valence-corrected chi connectivity index (χ3v) is 4.83. The molecule has 4 rings (SSSR count). The number of benzene rings is 2. The zero-order chi connectivity index (χ0) is 20.5. The van der Waals surface area contributed by atoms with Crippen LogP contribution in [0.25, 0.3) is 5.69 Å². The molecule has 0 radical (unpaired) electrons. The quantitative estimate of drug-likeness (QED) is 0.716. The van der Waals surface area contributed by atoms with Gasteiger partial charge in [0.05, 0.1) is 23.3 Å². The van der Waals surface area contributed by atoms with Gasteiger partial charge in [0.15, 0.2) is 0 Å². The smallest absolute Gasteiger partial charge is 0.245 e. The van der Waals surface area contributed by atoms with Crippen molar-refractivity contribution < 1.29 is 9.84 Å². The van der Waals surface area contributed by atoms with Gasteiger partial charge in [-0.2, -0.15) is 20.0 Å². The third-order valence-electron chi connectivity index (χ3n) is 4.83. The molecular weight excluding hydrogens is 370 g/mol. The molecule has 0 saturated carbocycles. The second-order valence-electron chi connectivity index (χ2n) is 7.03. The Labute approximate surface area is 168 Å². The largest absolute Gasteiger partial charge is 0.489 e. The molecule has 0 saturated heterocycles. The Morgan fingerprint density at radius 3 is 2.55 bits per heavy atom. The van der Waals surface area contributed by atoms with E-state index in [9.17, 15) is 5.11 Å². The second-order valence-corrected chi connectivity index (χ2v) is 7.03. The van der Waals surface area contributed by atoms with Crippen LogP contribution in [0.5, 0.6) is 5.75 Å². The predicted octanol–water partition coefficient (Wildman–Crippen LogP) is 3.08. The number of aromatic nitrogens is 3. The van der Waals surface area contributed by atoms with Crippen LogP contribution in [0.2, 0.25) is 0 Å². The van der Waals surface area contributed by atoms with Crippen LogP contribution >= 0.6 is 0 Å². The minimum Gasteiger partial charge on any atom is -0.489 e. The van der Waals surface area contributed by atoms with E-state index in [-0.39, 0.29) is 0 Å². The molecule has 2 aromatic carbocycles. The summed E-state index contributed by atoms with van der Waals surface area (Å²) in [4.78, 5) is 1.60. The molecule has 1 atom stereocenters. The van der Waals surface area contributed by atoms with Gasteiger partial charge in [-0.1, -0.05) is 12.1 Å². The topological polar surface area (TPSA) is 91.4 Å². The van der Waals surface area contributed by atoms with Crippen LogP contribution in [0.15, 0.2) is 53.0 Å². The summed E-state index contributed by atoms with van der Waals surface area (Å²) in [5.41, 5.74) is 5.47. The molecule has 0 aliphatic carbocycles. The summed E-state index contributed by atoms with van der Waals surface area (Å²) in [7, 11) is 1.67. The number of nitrogens with zero attached hydrogens (tertiary/aromatic N) is 7. The van der Waals surface area contributed by atoms with Crippen molar-refractivity contribution in [1.29, 1.82) is 0 Å². The van der Waals surface area contributed by atoms with Crippen LogP contribution in [0.1, 0.15) is 22.4 Å². The van der Waals surface area contributed by atoms with Gasteiger partial charge in [-0.15, -0.1) is 0 Å². The number of rotatable bonds is 5. The molecule has 1 N–H and O–H groups in total. The van der Waals surface area contributed by atoms with Gasteiger partial charge < -0.3 is 9.84 Å². The monoisotopic (exact) mass is 393 g/mol. The summed E-state index contributed by atoms with van der Waals surface area (Å²) in [6, 6.07) is 11.7. The molecule has 1 aromatic heterocycles. The normalized spacial score (nSPS) is 16.0. The number of anilines is 1. The van der Waals surface area contributed by atoms with Crippen molar-refractivity contribution in [2.45, 2.75) is 33.7 Å². The molecule has 29 heavy (non-hydrogen) atoms. The van der Waals surface area contributed by atoms with Crippen LogP contribution in [0.3, 0.4) is 0 Å². The van der Waals surface area contributed by atoms with E-state index in [0.29, 0.717) is 6.61 Å². The fourth-order valence-corrected chi connectivity index (χ4v) is 3.15. The van der Waals surface area contributed by atoms with Crippen molar-refractivity contribution in [3.8, 4) is 11.4 Å². The molecule has 2 heterocycles. The zero-order valence-corrected chi connectivity index (χ0v) is 16.8. The maximum atomic E-state index is 10.3. The first-order chi connectivity index (χ1) is 13.9. The lowest BCUT2D eigenvalue weighted by molar-refractivity contribution is 0.0456. The van der Waals surface area contributed by atoms with Gasteiger partial charge in [-0.25, -0.2) is 5.01 Å². The van der Waals surface area contributed by atoms with Gasteiger partial charge in [-0.05, 0) is 66.6 Å². The van der Waals surface area contributed by atoms with E-state index >= 15 is 0 Å². The Hall–Kier alpha value is -3.46. The second kappa shape index (κ2) is 7.51. The molecule has 1 aliphatic rings.